The van der Waals surface area contributed by atoms with Crippen molar-refractivity contribution in [2.45, 2.75) is 71.8 Å². The van der Waals surface area contributed by atoms with E-state index < -0.39 is 11.7 Å². The van der Waals surface area contributed by atoms with Crippen LogP contribution in [-0.4, -0.2) is 66.4 Å². The van der Waals surface area contributed by atoms with Gasteiger partial charge in [0.05, 0.1) is 31.0 Å². The van der Waals surface area contributed by atoms with Gasteiger partial charge in [-0.25, -0.2) is 4.79 Å². The van der Waals surface area contributed by atoms with Crippen LogP contribution < -0.4 is 5.46 Å². The highest BCUT2D eigenvalue weighted by Crippen LogP contribution is 2.36. The Labute approximate surface area is 215 Å². The molecule has 0 atom stereocenters. The van der Waals surface area contributed by atoms with E-state index in [0.717, 1.165) is 22.2 Å². The molecule has 0 unspecified atom stereocenters. The van der Waals surface area contributed by atoms with Gasteiger partial charge >= 0.3 is 13.2 Å². The van der Waals surface area contributed by atoms with Crippen LogP contribution in [0.15, 0.2) is 48.5 Å². The van der Waals surface area contributed by atoms with Crippen LogP contribution in [-0.2, 0) is 25.3 Å². The van der Waals surface area contributed by atoms with Crippen molar-refractivity contribution in [1.29, 1.82) is 0 Å². The van der Waals surface area contributed by atoms with Crippen molar-refractivity contribution < 1.29 is 28.7 Å². The van der Waals surface area contributed by atoms with Gasteiger partial charge < -0.3 is 28.8 Å². The van der Waals surface area contributed by atoms with Crippen molar-refractivity contribution in [1.82, 2.24) is 4.90 Å². The van der Waals surface area contributed by atoms with Gasteiger partial charge in [0.1, 0.15) is 5.60 Å². The second kappa shape index (κ2) is 11.3. The minimum Gasteiger partial charge on any atom is -0.444 e. The molecule has 0 saturated carbocycles. The van der Waals surface area contributed by atoms with Gasteiger partial charge in [0, 0.05) is 13.1 Å². The zero-order chi connectivity index (χ0) is 26.6. The van der Waals surface area contributed by atoms with E-state index >= 15 is 0 Å². The number of hydrogen-bond donors (Lipinski definition) is 1. The number of carbonyl (C=O) groups is 1. The number of carbonyl (C=O) groups excluding carboxylic acids is 1. The van der Waals surface area contributed by atoms with Crippen LogP contribution in [0.4, 0.5) is 4.79 Å². The monoisotopic (exact) mass is 497 g/mol. The smallest absolute Gasteiger partial charge is 0.444 e. The van der Waals surface area contributed by atoms with E-state index in [0.29, 0.717) is 19.7 Å². The molecule has 0 spiro atoms. The fourth-order valence-corrected chi connectivity index (χ4v) is 3.74. The summed E-state index contributed by atoms with van der Waals surface area (Å²) in [5, 5.41) is 8.92. The van der Waals surface area contributed by atoms with Crippen molar-refractivity contribution in [3.63, 3.8) is 0 Å². The summed E-state index contributed by atoms with van der Waals surface area (Å²) in [6.45, 7) is 15.0. The molecular formula is C28H40BNO6. The number of aliphatic hydroxyl groups excluding tert-OH is 1. The van der Waals surface area contributed by atoms with E-state index in [-0.39, 0.29) is 31.5 Å². The highest BCUT2D eigenvalue weighted by molar-refractivity contribution is 6.62. The highest BCUT2D eigenvalue weighted by atomic mass is 16.7. The maximum absolute atomic E-state index is 12.7. The van der Waals surface area contributed by atoms with Crippen LogP contribution in [0.25, 0.3) is 11.1 Å². The molecule has 0 aliphatic carbocycles. The molecule has 0 aromatic heterocycles. The van der Waals surface area contributed by atoms with Gasteiger partial charge in [0.2, 0.25) is 0 Å². The summed E-state index contributed by atoms with van der Waals surface area (Å²) in [7, 11) is -0.383. The molecule has 2 aromatic rings. The highest BCUT2D eigenvalue weighted by Gasteiger charge is 2.51. The van der Waals surface area contributed by atoms with Gasteiger partial charge in [-0.3, -0.25) is 0 Å². The molecule has 7 nitrogen and oxygen atoms in total. The number of rotatable bonds is 9. The van der Waals surface area contributed by atoms with Crippen LogP contribution in [0.3, 0.4) is 0 Å². The van der Waals surface area contributed by atoms with Crippen molar-refractivity contribution in [2.24, 2.45) is 0 Å². The standard InChI is InChI=1S/C28H40BNO6/c1-26(2,3)34-25(32)30(16-18-33-19-17-31)20-21-8-10-22(11-9-21)23-12-14-24(15-13-23)29-35-27(4,5)28(6,7)36-29/h8-15,31H,16-20H2,1-7H3. The summed E-state index contributed by atoms with van der Waals surface area (Å²) in [6, 6.07) is 16.4. The molecule has 1 heterocycles. The second-order valence-corrected chi connectivity index (χ2v) is 11.1. The summed E-state index contributed by atoms with van der Waals surface area (Å²) < 4.78 is 23.2. The molecule has 3 rings (SSSR count). The van der Waals surface area contributed by atoms with Gasteiger partial charge in [-0.05, 0) is 70.6 Å². The largest absolute Gasteiger partial charge is 0.494 e. The molecule has 0 radical (unpaired) electrons. The Morgan fingerprint density at radius 1 is 0.917 bits per heavy atom. The molecule has 8 heteroatoms. The first-order valence-corrected chi connectivity index (χ1v) is 12.5. The Kier molecular flexibility index (Phi) is 8.88. The maximum Gasteiger partial charge on any atom is 0.494 e. The first-order chi connectivity index (χ1) is 16.8. The summed E-state index contributed by atoms with van der Waals surface area (Å²) >= 11 is 0. The first kappa shape index (κ1) is 28.2. The third-order valence-electron chi connectivity index (χ3n) is 6.49. The number of benzene rings is 2. The van der Waals surface area contributed by atoms with Crippen LogP contribution in [0.1, 0.15) is 54.0 Å². The average molecular weight is 497 g/mol. The lowest BCUT2D eigenvalue weighted by atomic mass is 9.78. The van der Waals surface area contributed by atoms with Gasteiger partial charge in [-0.2, -0.15) is 0 Å². The fourth-order valence-electron chi connectivity index (χ4n) is 3.74. The van der Waals surface area contributed by atoms with Gasteiger partial charge in [-0.1, -0.05) is 48.5 Å². The van der Waals surface area contributed by atoms with Crippen LogP contribution >= 0.6 is 0 Å². The molecular weight excluding hydrogens is 457 g/mol. The normalized spacial score (nSPS) is 16.7. The number of hydrogen-bond acceptors (Lipinski definition) is 6. The fraction of sp³-hybridized carbons (Fsp3) is 0.536. The van der Waals surface area contributed by atoms with Crippen LogP contribution in [0.5, 0.6) is 0 Å². The molecule has 1 amide bonds. The summed E-state index contributed by atoms with van der Waals surface area (Å²) in [4.78, 5) is 14.3. The Morgan fingerprint density at radius 2 is 1.44 bits per heavy atom. The number of nitrogens with zero attached hydrogens (tertiary/aromatic N) is 1. The third-order valence-corrected chi connectivity index (χ3v) is 6.49. The van der Waals surface area contributed by atoms with Crippen molar-refractivity contribution in [2.75, 3.05) is 26.4 Å². The van der Waals surface area contributed by atoms with Crippen molar-refractivity contribution in [3.05, 3.63) is 54.1 Å². The Hall–Kier alpha value is -2.39. The predicted molar refractivity (Wildman–Crippen MR) is 142 cm³/mol. The molecule has 196 valence electrons. The molecule has 2 aromatic carbocycles. The second-order valence-electron chi connectivity index (χ2n) is 11.1. The topological polar surface area (TPSA) is 77.5 Å². The number of ether oxygens (including phenoxy) is 2. The molecule has 1 saturated heterocycles. The van der Waals surface area contributed by atoms with Gasteiger partial charge in [0.15, 0.2) is 0 Å². The first-order valence-electron chi connectivity index (χ1n) is 12.5. The van der Waals surface area contributed by atoms with Gasteiger partial charge in [0.25, 0.3) is 0 Å². The van der Waals surface area contributed by atoms with E-state index in [1.54, 1.807) is 4.90 Å². The predicted octanol–water partition coefficient (Wildman–Crippen LogP) is 4.40. The van der Waals surface area contributed by atoms with Crippen molar-refractivity contribution in [3.8, 4) is 11.1 Å². The summed E-state index contributed by atoms with van der Waals surface area (Å²) in [6.07, 6.45) is -0.391. The molecule has 1 aliphatic rings. The third kappa shape index (κ3) is 7.32. The molecule has 36 heavy (non-hydrogen) atoms. The summed E-state index contributed by atoms with van der Waals surface area (Å²) in [5.74, 6) is 0. The Morgan fingerprint density at radius 3 is 1.94 bits per heavy atom. The quantitative estimate of drug-likeness (QED) is 0.409. The maximum atomic E-state index is 12.7. The van der Waals surface area contributed by atoms with E-state index in [1.165, 1.54) is 0 Å². The zero-order valence-electron chi connectivity index (χ0n) is 22.7. The zero-order valence-corrected chi connectivity index (χ0v) is 22.7. The minimum absolute atomic E-state index is 0.0500. The molecule has 1 fully saturated rings. The molecule has 0 bridgehead atoms. The van der Waals surface area contributed by atoms with Crippen LogP contribution in [0, 0.1) is 0 Å². The summed E-state index contributed by atoms with van der Waals surface area (Å²) in [5.41, 5.74) is 2.81. The lowest BCUT2D eigenvalue weighted by molar-refractivity contribution is 0.00578. The van der Waals surface area contributed by atoms with Gasteiger partial charge in [-0.15, -0.1) is 0 Å². The SMILES string of the molecule is CC(C)(C)OC(=O)N(CCOCCO)Cc1ccc(-c2ccc(B3OC(C)(C)C(C)(C)O3)cc2)cc1. The molecule has 1 aliphatic heterocycles. The van der Waals surface area contributed by atoms with Crippen LogP contribution in [0.2, 0.25) is 0 Å². The Bertz CT molecular complexity index is 982. The van der Waals surface area contributed by atoms with E-state index in [4.69, 9.17) is 23.9 Å². The molecule has 1 N–H and O–H groups in total. The van der Waals surface area contributed by atoms with E-state index in [9.17, 15) is 4.79 Å². The minimum atomic E-state index is -0.586. The number of amides is 1. The van der Waals surface area contributed by atoms with Crippen molar-refractivity contribution >= 4 is 18.7 Å². The lowest BCUT2D eigenvalue weighted by Crippen LogP contribution is -2.41. The number of aliphatic hydroxyl groups is 1. The Balaban J connectivity index is 1.66. The van der Waals surface area contributed by atoms with E-state index in [1.807, 2.05) is 45.0 Å². The average Bonchev–Trinajstić information content (AvgIpc) is 3.02. The lowest BCUT2D eigenvalue weighted by Gasteiger charge is -2.32. The van der Waals surface area contributed by atoms with E-state index in [2.05, 4.69) is 52.0 Å².